The van der Waals surface area contributed by atoms with Crippen LogP contribution in [0.25, 0.3) is 22.6 Å². The van der Waals surface area contributed by atoms with E-state index in [-0.39, 0.29) is 5.75 Å². The van der Waals surface area contributed by atoms with E-state index in [0.717, 1.165) is 13.0 Å². The second-order valence-corrected chi connectivity index (χ2v) is 6.00. The maximum Gasteiger partial charge on any atom is 0.167 e. The Bertz CT molecular complexity index is 854. The number of H-pyrrole nitrogens is 1. The smallest absolute Gasteiger partial charge is 0.167 e. The predicted octanol–water partition coefficient (Wildman–Crippen LogP) is 2.02. The quantitative estimate of drug-likeness (QED) is 0.675. The highest BCUT2D eigenvalue weighted by Crippen LogP contribution is 2.28. The number of aromatic nitrogens is 4. The SMILES string of the molecule is CN(C)CCCOc1cc2nc(-c3nn(C)cc3N)[nH]c2cc1F. The molecule has 3 rings (SSSR count). The van der Waals surface area contributed by atoms with Crippen LogP contribution in [0.3, 0.4) is 0 Å². The van der Waals surface area contributed by atoms with E-state index in [2.05, 4.69) is 20.0 Å². The van der Waals surface area contributed by atoms with Gasteiger partial charge in [-0.25, -0.2) is 9.37 Å². The lowest BCUT2D eigenvalue weighted by Gasteiger charge is -2.10. The number of ether oxygens (including phenoxy) is 1. The minimum Gasteiger partial charge on any atom is -0.490 e. The van der Waals surface area contributed by atoms with Crippen molar-refractivity contribution in [3.63, 3.8) is 0 Å². The molecule has 2 heterocycles. The first-order valence-corrected chi connectivity index (χ1v) is 7.70. The molecule has 3 aromatic rings. The summed E-state index contributed by atoms with van der Waals surface area (Å²) >= 11 is 0. The van der Waals surface area contributed by atoms with E-state index in [1.807, 2.05) is 14.1 Å². The molecular weight excluding hydrogens is 311 g/mol. The van der Waals surface area contributed by atoms with E-state index in [0.29, 0.717) is 34.8 Å². The molecule has 128 valence electrons. The van der Waals surface area contributed by atoms with E-state index in [1.165, 1.54) is 6.07 Å². The number of fused-ring (bicyclic) bond motifs is 1. The fourth-order valence-electron chi connectivity index (χ4n) is 2.49. The Morgan fingerprint density at radius 1 is 1.38 bits per heavy atom. The standard InChI is InChI=1S/C16H21FN6O/c1-22(2)5-4-6-24-14-8-13-12(7-10(14)17)19-16(20-13)15-11(18)9-23(3)21-15/h7-9H,4-6,18H2,1-3H3,(H,19,20). The number of aromatic amines is 1. The van der Waals surface area contributed by atoms with Gasteiger partial charge in [-0.3, -0.25) is 4.68 Å². The third kappa shape index (κ3) is 3.33. The minimum atomic E-state index is -0.420. The molecule has 1 aromatic carbocycles. The van der Waals surface area contributed by atoms with Crippen LogP contribution < -0.4 is 10.5 Å². The van der Waals surface area contributed by atoms with Crippen molar-refractivity contribution in [2.45, 2.75) is 6.42 Å². The number of hydrogen-bond acceptors (Lipinski definition) is 5. The molecule has 0 fully saturated rings. The summed E-state index contributed by atoms with van der Waals surface area (Å²) in [4.78, 5) is 9.55. The molecule has 0 aliphatic carbocycles. The number of rotatable bonds is 6. The van der Waals surface area contributed by atoms with Gasteiger partial charge in [0.25, 0.3) is 0 Å². The summed E-state index contributed by atoms with van der Waals surface area (Å²) in [6, 6.07) is 2.98. The van der Waals surface area contributed by atoms with Crippen LogP contribution in [0.5, 0.6) is 5.75 Å². The van der Waals surface area contributed by atoms with Gasteiger partial charge in [-0.05, 0) is 20.5 Å². The molecule has 0 spiro atoms. The van der Waals surface area contributed by atoms with E-state index in [9.17, 15) is 4.39 Å². The van der Waals surface area contributed by atoms with Crippen LogP contribution in [0, 0.1) is 5.82 Å². The molecule has 2 aromatic heterocycles. The topological polar surface area (TPSA) is 85.0 Å². The first-order chi connectivity index (χ1) is 11.4. The zero-order valence-corrected chi connectivity index (χ0v) is 14.0. The number of hydrogen-bond donors (Lipinski definition) is 2. The highest BCUT2D eigenvalue weighted by atomic mass is 19.1. The molecule has 0 saturated carbocycles. The fourth-order valence-corrected chi connectivity index (χ4v) is 2.49. The molecule has 3 N–H and O–H groups in total. The van der Waals surface area contributed by atoms with Crippen LogP contribution in [0.4, 0.5) is 10.1 Å². The van der Waals surface area contributed by atoms with E-state index in [4.69, 9.17) is 10.5 Å². The average molecular weight is 332 g/mol. The van der Waals surface area contributed by atoms with Crippen LogP contribution in [-0.4, -0.2) is 51.9 Å². The number of halogens is 1. The number of aryl methyl sites for hydroxylation is 1. The van der Waals surface area contributed by atoms with Crippen molar-refractivity contribution >= 4 is 16.7 Å². The summed E-state index contributed by atoms with van der Waals surface area (Å²) in [6.07, 6.45) is 2.52. The molecule has 0 aliphatic rings. The second-order valence-electron chi connectivity index (χ2n) is 6.00. The van der Waals surface area contributed by atoms with Gasteiger partial charge in [-0.15, -0.1) is 0 Å². The molecule has 0 aliphatic heterocycles. The van der Waals surface area contributed by atoms with E-state index in [1.54, 1.807) is 24.0 Å². The summed E-state index contributed by atoms with van der Waals surface area (Å²) in [7, 11) is 5.75. The van der Waals surface area contributed by atoms with Crippen molar-refractivity contribution < 1.29 is 9.13 Å². The van der Waals surface area contributed by atoms with Gasteiger partial charge in [0.1, 0.15) is 0 Å². The third-order valence-electron chi connectivity index (χ3n) is 3.62. The second kappa shape index (κ2) is 6.48. The Labute approximate surface area is 139 Å². The monoisotopic (exact) mass is 332 g/mol. The van der Waals surface area contributed by atoms with Crippen molar-refractivity contribution in [2.75, 3.05) is 33.0 Å². The Morgan fingerprint density at radius 3 is 2.83 bits per heavy atom. The zero-order chi connectivity index (χ0) is 17.3. The molecule has 0 saturated heterocycles. The summed E-state index contributed by atoms with van der Waals surface area (Å²) in [5, 5.41) is 4.27. The normalized spacial score (nSPS) is 11.5. The van der Waals surface area contributed by atoms with Crippen molar-refractivity contribution in [1.82, 2.24) is 24.6 Å². The van der Waals surface area contributed by atoms with Crippen LogP contribution in [-0.2, 0) is 7.05 Å². The number of nitrogen functional groups attached to an aromatic ring is 1. The number of imidazole rings is 1. The molecule has 24 heavy (non-hydrogen) atoms. The molecule has 0 unspecified atom stereocenters. The Balaban J connectivity index is 1.84. The van der Waals surface area contributed by atoms with Gasteiger partial charge in [-0.2, -0.15) is 5.10 Å². The Hall–Kier alpha value is -2.61. The lowest BCUT2D eigenvalue weighted by molar-refractivity contribution is 0.271. The predicted molar refractivity (Wildman–Crippen MR) is 91.3 cm³/mol. The largest absolute Gasteiger partial charge is 0.490 e. The first-order valence-electron chi connectivity index (χ1n) is 7.70. The number of anilines is 1. The van der Waals surface area contributed by atoms with Crippen LogP contribution in [0.15, 0.2) is 18.3 Å². The van der Waals surface area contributed by atoms with Crippen LogP contribution in [0.2, 0.25) is 0 Å². The maximum absolute atomic E-state index is 14.2. The van der Waals surface area contributed by atoms with Crippen LogP contribution in [0.1, 0.15) is 6.42 Å². The number of nitrogens with one attached hydrogen (secondary N) is 1. The van der Waals surface area contributed by atoms with Crippen molar-refractivity contribution in [3.8, 4) is 17.3 Å². The molecule has 0 atom stereocenters. The van der Waals surface area contributed by atoms with Gasteiger partial charge >= 0.3 is 0 Å². The summed E-state index contributed by atoms with van der Waals surface area (Å²) in [5.41, 5.74) is 8.16. The van der Waals surface area contributed by atoms with Gasteiger partial charge in [-0.1, -0.05) is 0 Å². The summed E-state index contributed by atoms with van der Waals surface area (Å²) in [6.45, 7) is 1.33. The summed E-state index contributed by atoms with van der Waals surface area (Å²) < 4.78 is 21.3. The van der Waals surface area contributed by atoms with E-state index >= 15 is 0 Å². The molecule has 7 nitrogen and oxygen atoms in total. The Kier molecular flexibility index (Phi) is 4.39. The van der Waals surface area contributed by atoms with Gasteiger partial charge in [0.2, 0.25) is 0 Å². The number of nitrogens with two attached hydrogens (primary N) is 1. The summed E-state index contributed by atoms with van der Waals surface area (Å²) in [5.74, 6) is 0.289. The molecule has 8 heteroatoms. The minimum absolute atomic E-state index is 0.202. The molecule has 0 bridgehead atoms. The maximum atomic E-state index is 14.2. The van der Waals surface area contributed by atoms with Gasteiger partial charge in [0, 0.05) is 31.9 Å². The Morgan fingerprint density at radius 2 is 2.17 bits per heavy atom. The third-order valence-corrected chi connectivity index (χ3v) is 3.62. The van der Waals surface area contributed by atoms with Crippen molar-refractivity contribution in [2.24, 2.45) is 7.05 Å². The fraction of sp³-hybridized carbons (Fsp3) is 0.375. The van der Waals surface area contributed by atoms with Crippen LogP contribution >= 0.6 is 0 Å². The van der Waals surface area contributed by atoms with Crippen molar-refractivity contribution in [3.05, 3.63) is 24.1 Å². The number of benzene rings is 1. The lowest BCUT2D eigenvalue weighted by atomic mass is 10.3. The molecule has 0 radical (unpaired) electrons. The highest BCUT2D eigenvalue weighted by molar-refractivity contribution is 5.82. The van der Waals surface area contributed by atoms with Gasteiger partial charge in [0.15, 0.2) is 23.1 Å². The first kappa shape index (κ1) is 16.3. The molecule has 0 amide bonds. The lowest BCUT2D eigenvalue weighted by Crippen LogP contribution is -2.15. The van der Waals surface area contributed by atoms with Gasteiger partial charge in [0.05, 0.1) is 23.3 Å². The molecular formula is C16H21FN6O. The van der Waals surface area contributed by atoms with Crippen molar-refractivity contribution in [1.29, 1.82) is 0 Å². The zero-order valence-electron chi connectivity index (χ0n) is 14.0. The highest BCUT2D eigenvalue weighted by Gasteiger charge is 2.15. The average Bonchev–Trinajstić information content (AvgIpc) is 3.05. The van der Waals surface area contributed by atoms with E-state index < -0.39 is 5.82 Å². The van der Waals surface area contributed by atoms with Gasteiger partial charge < -0.3 is 20.4 Å². The number of nitrogens with zero attached hydrogens (tertiary/aromatic N) is 4.